The van der Waals surface area contributed by atoms with Crippen LogP contribution >= 0.6 is 0 Å². The summed E-state index contributed by atoms with van der Waals surface area (Å²) in [6, 6.07) is 0. The summed E-state index contributed by atoms with van der Waals surface area (Å²) in [4.78, 5) is 44.6. The number of hydrogen-bond acceptors (Lipinski definition) is 6. The summed E-state index contributed by atoms with van der Waals surface area (Å²) < 4.78 is 9.52. The molecule has 18 heavy (non-hydrogen) atoms. The standard InChI is InChI=1S/C12H18O6/c1-6(8(3)13)11(15)17-10(5)18-12(16)7(2)9(4)14/h6-7,10H,1-5H3. The minimum Gasteiger partial charge on any atom is -0.425 e. The lowest BCUT2D eigenvalue weighted by Crippen LogP contribution is -2.30. The summed E-state index contributed by atoms with van der Waals surface area (Å²) in [5, 5.41) is 0. The number of carbonyl (C=O) groups excluding carboxylic acids is 4. The first kappa shape index (κ1) is 16.3. The van der Waals surface area contributed by atoms with Gasteiger partial charge in [-0.1, -0.05) is 0 Å². The van der Waals surface area contributed by atoms with Gasteiger partial charge in [0.1, 0.15) is 23.4 Å². The Morgan fingerprint density at radius 2 is 1.00 bits per heavy atom. The summed E-state index contributed by atoms with van der Waals surface area (Å²) in [5.74, 6) is -4.02. The Balaban J connectivity index is 4.32. The molecule has 0 heterocycles. The number of Topliss-reactive ketones (excluding diaryl/α,β-unsaturated/α-hetero) is 2. The zero-order valence-corrected chi connectivity index (χ0v) is 11.2. The summed E-state index contributed by atoms with van der Waals surface area (Å²) in [6.45, 7) is 6.67. The highest BCUT2D eigenvalue weighted by Crippen LogP contribution is 2.07. The molecule has 2 unspecified atom stereocenters. The molecule has 0 radical (unpaired) electrons. The first-order valence-electron chi connectivity index (χ1n) is 5.58. The fourth-order valence-corrected chi connectivity index (χ4v) is 0.887. The van der Waals surface area contributed by atoms with Gasteiger partial charge >= 0.3 is 11.9 Å². The van der Waals surface area contributed by atoms with Gasteiger partial charge in [0.15, 0.2) is 0 Å². The lowest BCUT2D eigenvalue weighted by atomic mass is 10.1. The molecule has 0 aliphatic carbocycles. The summed E-state index contributed by atoms with van der Waals surface area (Å²) >= 11 is 0. The Morgan fingerprint density at radius 1 is 0.722 bits per heavy atom. The van der Waals surface area contributed by atoms with Crippen LogP contribution < -0.4 is 0 Å². The van der Waals surface area contributed by atoms with Gasteiger partial charge in [-0.05, 0) is 27.7 Å². The molecule has 0 bridgehead atoms. The van der Waals surface area contributed by atoms with Crippen LogP contribution in [0, 0.1) is 11.8 Å². The normalized spacial score (nSPS) is 15.2. The molecule has 0 amide bonds. The van der Waals surface area contributed by atoms with E-state index < -0.39 is 30.1 Å². The fraction of sp³-hybridized carbons (Fsp3) is 0.667. The maximum atomic E-state index is 11.4. The van der Waals surface area contributed by atoms with Crippen LogP contribution in [0.2, 0.25) is 0 Å². The Bertz CT molecular complexity index is 326. The third-order valence-electron chi connectivity index (χ3n) is 2.49. The van der Waals surface area contributed by atoms with Gasteiger partial charge in [-0.25, -0.2) is 0 Å². The average Bonchev–Trinajstić information content (AvgIpc) is 2.25. The van der Waals surface area contributed by atoms with E-state index in [1.165, 1.54) is 34.6 Å². The second kappa shape index (κ2) is 6.88. The quantitative estimate of drug-likeness (QED) is 0.399. The minimum atomic E-state index is -1.13. The fourth-order valence-electron chi connectivity index (χ4n) is 0.887. The molecule has 6 nitrogen and oxygen atoms in total. The number of ketones is 2. The van der Waals surface area contributed by atoms with Gasteiger partial charge in [-0.3, -0.25) is 19.2 Å². The molecule has 6 heteroatoms. The second-order valence-electron chi connectivity index (χ2n) is 4.11. The van der Waals surface area contributed by atoms with Crippen molar-refractivity contribution in [1.29, 1.82) is 0 Å². The largest absolute Gasteiger partial charge is 0.425 e. The molecular formula is C12H18O6. The van der Waals surface area contributed by atoms with E-state index in [0.29, 0.717) is 0 Å². The number of ether oxygens (including phenoxy) is 2. The molecule has 102 valence electrons. The minimum absolute atomic E-state index is 0.337. The SMILES string of the molecule is CC(=O)C(C)C(=O)OC(C)OC(=O)C(C)C(C)=O. The van der Waals surface area contributed by atoms with E-state index in [0.717, 1.165) is 0 Å². The van der Waals surface area contributed by atoms with Crippen LogP contribution in [-0.4, -0.2) is 29.8 Å². The summed E-state index contributed by atoms with van der Waals surface area (Å²) in [5.41, 5.74) is 0. The van der Waals surface area contributed by atoms with E-state index in [1.807, 2.05) is 0 Å². The molecular weight excluding hydrogens is 240 g/mol. The highest BCUT2D eigenvalue weighted by Gasteiger charge is 2.25. The van der Waals surface area contributed by atoms with Gasteiger partial charge in [0.2, 0.25) is 6.29 Å². The van der Waals surface area contributed by atoms with Crippen molar-refractivity contribution >= 4 is 23.5 Å². The van der Waals surface area contributed by atoms with Gasteiger partial charge in [-0.15, -0.1) is 0 Å². The molecule has 0 fully saturated rings. The highest BCUT2D eigenvalue weighted by atomic mass is 16.7. The van der Waals surface area contributed by atoms with E-state index >= 15 is 0 Å². The highest BCUT2D eigenvalue weighted by molar-refractivity contribution is 5.98. The summed E-state index contributed by atoms with van der Waals surface area (Å²) in [7, 11) is 0. The van der Waals surface area contributed by atoms with Gasteiger partial charge in [-0.2, -0.15) is 0 Å². The van der Waals surface area contributed by atoms with Crippen LogP contribution in [-0.2, 0) is 28.7 Å². The first-order chi connectivity index (χ1) is 8.16. The van der Waals surface area contributed by atoms with Crippen LogP contribution in [0.15, 0.2) is 0 Å². The molecule has 0 aliphatic rings. The van der Waals surface area contributed by atoms with Gasteiger partial charge in [0, 0.05) is 6.92 Å². The van der Waals surface area contributed by atoms with Crippen molar-refractivity contribution < 1.29 is 28.7 Å². The zero-order chi connectivity index (χ0) is 14.5. The predicted molar refractivity (Wildman–Crippen MR) is 61.3 cm³/mol. The maximum absolute atomic E-state index is 11.4. The van der Waals surface area contributed by atoms with E-state index in [1.54, 1.807) is 0 Å². The van der Waals surface area contributed by atoms with E-state index in [4.69, 9.17) is 9.47 Å². The van der Waals surface area contributed by atoms with Crippen LogP contribution in [0.25, 0.3) is 0 Å². The van der Waals surface area contributed by atoms with Crippen molar-refractivity contribution in [2.45, 2.75) is 40.9 Å². The van der Waals surface area contributed by atoms with Crippen LogP contribution in [0.5, 0.6) is 0 Å². The Hall–Kier alpha value is -1.72. The third-order valence-corrected chi connectivity index (χ3v) is 2.49. The van der Waals surface area contributed by atoms with Crippen molar-refractivity contribution in [2.75, 3.05) is 0 Å². The molecule has 0 aromatic rings. The predicted octanol–water partition coefficient (Wildman–Crippen LogP) is 0.869. The van der Waals surface area contributed by atoms with E-state index in [2.05, 4.69) is 0 Å². The van der Waals surface area contributed by atoms with Crippen molar-refractivity contribution in [2.24, 2.45) is 11.8 Å². The molecule has 0 aromatic carbocycles. The molecule has 0 rings (SSSR count). The van der Waals surface area contributed by atoms with Crippen LogP contribution in [0.3, 0.4) is 0 Å². The molecule has 0 saturated heterocycles. The van der Waals surface area contributed by atoms with E-state index in [-0.39, 0.29) is 11.6 Å². The summed E-state index contributed by atoms with van der Waals surface area (Å²) in [6.07, 6.45) is -1.13. The topological polar surface area (TPSA) is 86.7 Å². The van der Waals surface area contributed by atoms with Gasteiger partial charge < -0.3 is 9.47 Å². The number of rotatable bonds is 6. The van der Waals surface area contributed by atoms with Crippen LogP contribution in [0.4, 0.5) is 0 Å². The Kier molecular flexibility index (Phi) is 6.22. The number of esters is 2. The van der Waals surface area contributed by atoms with Crippen molar-refractivity contribution in [3.63, 3.8) is 0 Å². The molecule has 0 N–H and O–H groups in total. The molecule has 0 spiro atoms. The lowest BCUT2D eigenvalue weighted by molar-refractivity contribution is -0.189. The van der Waals surface area contributed by atoms with Crippen molar-refractivity contribution in [1.82, 2.24) is 0 Å². The average molecular weight is 258 g/mol. The molecule has 2 atom stereocenters. The van der Waals surface area contributed by atoms with Crippen LogP contribution in [0.1, 0.15) is 34.6 Å². The van der Waals surface area contributed by atoms with Crippen molar-refractivity contribution in [3.05, 3.63) is 0 Å². The van der Waals surface area contributed by atoms with Gasteiger partial charge in [0.25, 0.3) is 0 Å². The molecule has 0 saturated carbocycles. The third kappa shape index (κ3) is 5.07. The zero-order valence-electron chi connectivity index (χ0n) is 11.2. The molecule has 0 aliphatic heterocycles. The first-order valence-corrected chi connectivity index (χ1v) is 5.58. The second-order valence-corrected chi connectivity index (χ2v) is 4.11. The monoisotopic (exact) mass is 258 g/mol. The smallest absolute Gasteiger partial charge is 0.319 e. The number of carbonyl (C=O) groups is 4. The molecule has 0 aromatic heterocycles. The van der Waals surface area contributed by atoms with Crippen molar-refractivity contribution in [3.8, 4) is 0 Å². The number of hydrogen-bond donors (Lipinski definition) is 0. The Morgan fingerprint density at radius 3 is 1.22 bits per heavy atom. The Labute approximate surface area is 106 Å². The maximum Gasteiger partial charge on any atom is 0.319 e. The van der Waals surface area contributed by atoms with Gasteiger partial charge in [0.05, 0.1) is 0 Å². The lowest BCUT2D eigenvalue weighted by Gasteiger charge is -2.17. The van der Waals surface area contributed by atoms with E-state index in [9.17, 15) is 19.2 Å².